The molecule has 4 rings (SSSR count). The van der Waals surface area contributed by atoms with Gasteiger partial charge in [0.2, 0.25) is 0 Å². The number of carbonyl (C=O) groups is 1. The van der Waals surface area contributed by atoms with Crippen molar-refractivity contribution in [2.75, 3.05) is 43.0 Å². The predicted octanol–water partition coefficient (Wildman–Crippen LogP) is 3.67. The van der Waals surface area contributed by atoms with Crippen LogP contribution in [0, 0.1) is 11.8 Å². The van der Waals surface area contributed by atoms with Crippen LogP contribution in [0.4, 0.5) is 11.6 Å². The van der Waals surface area contributed by atoms with Gasteiger partial charge in [-0.25, -0.2) is 9.29 Å². The van der Waals surface area contributed by atoms with Gasteiger partial charge in [0.25, 0.3) is 5.91 Å². The SMILES string of the molecule is CC1CCN(S(=O)(=O)N2CCOc3ccc(NC(=O)c4c(Cl)cccc4Cl)nc32)C[C@H]1C.CO. The molecule has 2 aliphatic rings. The molecule has 2 aliphatic heterocycles. The fourth-order valence-electron chi connectivity index (χ4n) is 3.83. The Hall–Kier alpha value is -2.11. The first-order valence-corrected chi connectivity index (χ1v) is 13.0. The summed E-state index contributed by atoms with van der Waals surface area (Å²) in [6.45, 7) is 5.47. The first-order valence-electron chi connectivity index (χ1n) is 10.8. The fraction of sp³-hybridized carbons (Fsp3) is 0.455. The van der Waals surface area contributed by atoms with Crippen LogP contribution in [0.15, 0.2) is 30.3 Å². The van der Waals surface area contributed by atoms with E-state index in [1.807, 2.05) is 0 Å². The number of aromatic nitrogens is 1. The van der Waals surface area contributed by atoms with Gasteiger partial charge in [-0.15, -0.1) is 0 Å². The molecule has 0 bridgehead atoms. The number of aliphatic hydroxyl groups is 1. The highest BCUT2D eigenvalue weighted by atomic mass is 35.5. The Morgan fingerprint density at radius 2 is 1.79 bits per heavy atom. The molecule has 0 saturated carbocycles. The van der Waals surface area contributed by atoms with Crippen molar-refractivity contribution in [3.8, 4) is 5.75 Å². The minimum atomic E-state index is -3.80. The third kappa shape index (κ3) is 5.41. The number of aliphatic hydroxyl groups excluding tert-OH is 1. The minimum Gasteiger partial charge on any atom is -0.488 e. The van der Waals surface area contributed by atoms with E-state index in [9.17, 15) is 13.2 Å². The highest BCUT2D eigenvalue weighted by molar-refractivity contribution is 7.90. The van der Waals surface area contributed by atoms with E-state index in [4.69, 9.17) is 33.0 Å². The van der Waals surface area contributed by atoms with Gasteiger partial charge in [0.15, 0.2) is 11.6 Å². The third-order valence-electron chi connectivity index (χ3n) is 5.96. The highest BCUT2D eigenvalue weighted by Crippen LogP contribution is 2.35. The number of carbonyl (C=O) groups excluding carboxylic acids is 1. The molecule has 9 nitrogen and oxygen atoms in total. The quantitative estimate of drug-likeness (QED) is 0.623. The van der Waals surface area contributed by atoms with Gasteiger partial charge in [-0.2, -0.15) is 12.7 Å². The summed E-state index contributed by atoms with van der Waals surface area (Å²) in [7, 11) is -2.80. The van der Waals surface area contributed by atoms with Crippen molar-refractivity contribution in [1.29, 1.82) is 0 Å². The summed E-state index contributed by atoms with van der Waals surface area (Å²) in [6, 6.07) is 7.90. The van der Waals surface area contributed by atoms with Crippen molar-refractivity contribution in [3.63, 3.8) is 0 Å². The van der Waals surface area contributed by atoms with E-state index in [1.54, 1.807) is 30.3 Å². The zero-order valence-corrected chi connectivity index (χ0v) is 21.5. The van der Waals surface area contributed by atoms with Gasteiger partial charge in [0.1, 0.15) is 12.4 Å². The zero-order chi connectivity index (χ0) is 25.0. The molecule has 1 unspecified atom stereocenters. The summed E-state index contributed by atoms with van der Waals surface area (Å²) in [6.07, 6.45) is 0.805. The summed E-state index contributed by atoms with van der Waals surface area (Å²) < 4.78 is 35.2. The standard InChI is InChI=1S/C21H24Cl2N4O4S.CH4O/c1-13-8-9-26(12-14(13)2)32(29,30)27-10-11-31-17-6-7-18(24-20(17)27)25-21(28)19-15(22)4-3-5-16(19)23;1-2/h3-7,13-14H,8-12H2,1-2H3,(H,24,25,28);2H,1H3/t13?,14-;/m1./s1. The molecule has 0 aliphatic carbocycles. The van der Waals surface area contributed by atoms with Gasteiger partial charge in [0.05, 0.1) is 22.2 Å². The average Bonchev–Trinajstić information content (AvgIpc) is 2.81. The van der Waals surface area contributed by atoms with Crippen molar-refractivity contribution in [3.05, 3.63) is 45.9 Å². The Labute approximate surface area is 209 Å². The first kappa shape index (κ1) is 26.5. The number of anilines is 2. The largest absolute Gasteiger partial charge is 0.488 e. The number of hydrogen-bond donors (Lipinski definition) is 2. The van der Waals surface area contributed by atoms with Crippen LogP contribution in [0.5, 0.6) is 5.75 Å². The number of hydrogen-bond acceptors (Lipinski definition) is 6. The molecule has 2 aromatic rings. The van der Waals surface area contributed by atoms with Crippen molar-refractivity contribution in [2.45, 2.75) is 20.3 Å². The topological polar surface area (TPSA) is 112 Å². The number of fused-ring (bicyclic) bond motifs is 1. The molecule has 1 aromatic heterocycles. The molecule has 0 radical (unpaired) electrons. The van der Waals surface area contributed by atoms with Crippen LogP contribution in [0.1, 0.15) is 30.6 Å². The van der Waals surface area contributed by atoms with Gasteiger partial charge >= 0.3 is 10.2 Å². The van der Waals surface area contributed by atoms with E-state index in [-0.39, 0.29) is 46.3 Å². The van der Waals surface area contributed by atoms with Gasteiger partial charge in [-0.1, -0.05) is 43.1 Å². The van der Waals surface area contributed by atoms with E-state index in [1.165, 1.54) is 8.61 Å². The Morgan fingerprint density at radius 3 is 2.44 bits per heavy atom. The summed E-state index contributed by atoms with van der Waals surface area (Å²) in [5.74, 6) is 0.833. The molecule has 1 saturated heterocycles. The number of halogens is 2. The molecule has 2 atom stereocenters. The number of pyridine rings is 1. The van der Waals surface area contributed by atoms with E-state index in [2.05, 4.69) is 24.1 Å². The average molecular weight is 531 g/mol. The molecule has 1 fully saturated rings. The van der Waals surface area contributed by atoms with Crippen LogP contribution in [-0.4, -0.2) is 62.1 Å². The molecule has 1 amide bonds. The van der Waals surface area contributed by atoms with E-state index in [0.717, 1.165) is 13.5 Å². The summed E-state index contributed by atoms with van der Waals surface area (Å²) in [4.78, 5) is 17.1. The smallest absolute Gasteiger partial charge is 0.305 e. The Bertz CT molecular complexity index is 1130. The Morgan fingerprint density at radius 1 is 1.12 bits per heavy atom. The van der Waals surface area contributed by atoms with Gasteiger partial charge in [-0.3, -0.25) is 4.79 Å². The molecule has 3 heterocycles. The number of piperidine rings is 1. The van der Waals surface area contributed by atoms with Crippen molar-refractivity contribution in [1.82, 2.24) is 9.29 Å². The fourth-order valence-corrected chi connectivity index (χ4v) is 6.09. The Kier molecular flexibility index (Phi) is 8.64. The number of rotatable bonds is 4. The Balaban J connectivity index is 0.00000158. The van der Waals surface area contributed by atoms with Gasteiger partial charge in [-0.05, 0) is 42.5 Å². The summed E-state index contributed by atoms with van der Waals surface area (Å²) in [5.41, 5.74) is 0.118. The second-order valence-electron chi connectivity index (χ2n) is 8.10. The van der Waals surface area contributed by atoms with Gasteiger partial charge in [0, 0.05) is 20.2 Å². The summed E-state index contributed by atoms with van der Waals surface area (Å²) >= 11 is 12.2. The maximum atomic E-state index is 13.4. The molecule has 2 N–H and O–H groups in total. The molecular weight excluding hydrogens is 503 g/mol. The second-order valence-corrected chi connectivity index (χ2v) is 10.8. The zero-order valence-electron chi connectivity index (χ0n) is 19.2. The first-order chi connectivity index (χ1) is 16.2. The lowest BCUT2D eigenvalue weighted by atomic mass is 9.90. The van der Waals surface area contributed by atoms with Crippen molar-refractivity contribution < 1.29 is 23.1 Å². The maximum Gasteiger partial charge on any atom is 0.305 e. The maximum absolute atomic E-state index is 13.4. The van der Waals surface area contributed by atoms with Crippen LogP contribution in [0.2, 0.25) is 10.0 Å². The minimum absolute atomic E-state index is 0.118. The second kappa shape index (κ2) is 11.1. The van der Waals surface area contributed by atoms with Crippen LogP contribution < -0.4 is 14.4 Å². The number of amides is 1. The van der Waals surface area contributed by atoms with E-state index < -0.39 is 16.1 Å². The van der Waals surface area contributed by atoms with E-state index >= 15 is 0 Å². The normalized spacial score (nSPS) is 20.5. The molecule has 34 heavy (non-hydrogen) atoms. The van der Waals surface area contributed by atoms with Crippen molar-refractivity contribution in [2.24, 2.45) is 11.8 Å². The van der Waals surface area contributed by atoms with Gasteiger partial charge < -0.3 is 15.2 Å². The number of ether oxygens (including phenoxy) is 1. The van der Waals surface area contributed by atoms with Crippen LogP contribution >= 0.6 is 23.2 Å². The molecule has 12 heteroatoms. The number of nitrogens with one attached hydrogen (secondary N) is 1. The van der Waals surface area contributed by atoms with Crippen LogP contribution in [-0.2, 0) is 10.2 Å². The van der Waals surface area contributed by atoms with Crippen molar-refractivity contribution >= 4 is 51.0 Å². The number of benzene rings is 1. The lowest BCUT2D eigenvalue weighted by Gasteiger charge is -2.39. The third-order valence-corrected chi connectivity index (χ3v) is 8.49. The summed E-state index contributed by atoms with van der Waals surface area (Å²) in [5, 5.41) is 10.1. The molecular formula is C22H28Cl2N4O5S. The molecule has 1 aromatic carbocycles. The highest BCUT2D eigenvalue weighted by Gasteiger charge is 2.38. The lowest BCUT2D eigenvalue weighted by Crippen LogP contribution is -2.51. The molecule has 0 spiro atoms. The predicted molar refractivity (Wildman–Crippen MR) is 133 cm³/mol. The monoisotopic (exact) mass is 530 g/mol. The molecule has 186 valence electrons. The van der Waals surface area contributed by atoms with Crippen LogP contribution in [0.3, 0.4) is 0 Å². The number of nitrogens with zero attached hydrogens (tertiary/aromatic N) is 3. The van der Waals surface area contributed by atoms with Crippen LogP contribution in [0.25, 0.3) is 0 Å². The lowest BCUT2D eigenvalue weighted by molar-refractivity contribution is 0.102. The van der Waals surface area contributed by atoms with E-state index in [0.29, 0.717) is 24.8 Å².